The summed E-state index contributed by atoms with van der Waals surface area (Å²) in [7, 11) is 4.03. The topological polar surface area (TPSA) is 108 Å². The lowest BCUT2D eigenvalue weighted by atomic mass is 10.4. The molecule has 1 aliphatic carbocycles. The van der Waals surface area contributed by atoms with Gasteiger partial charge in [0, 0.05) is 25.6 Å². The maximum atomic E-state index is 12.1. The van der Waals surface area contributed by atoms with Crippen molar-refractivity contribution in [1.82, 2.24) is 30.2 Å². The Kier molecular flexibility index (Phi) is 5.94. The Bertz CT molecular complexity index is 758. The van der Waals surface area contributed by atoms with Crippen LogP contribution in [0.4, 0.5) is 17.0 Å². The maximum absolute atomic E-state index is 12.1. The van der Waals surface area contributed by atoms with Crippen molar-refractivity contribution in [3.8, 4) is 0 Å². The summed E-state index contributed by atoms with van der Waals surface area (Å²) in [6.45, 7) is 3.61. The highest BCUT2D eigenvalue weighted by atomic mass is 32.1. The van der Waals surface area contributed by atoms with Gasteiger partial charge in [0.25, 0.3) is 5.91 Å². The van der Waals surface area contributed by atoms with E-state index in [1.165, 1.54) is 11.3 Å². The molecule has 0 unspecified atom stereocenters. The molecule has 2 aromatic rings. The third-order valence-electron chi connectivity index (χ3n) is 3.70. The summed E-state index contributed by atoms with van der Waals surface area (Å²) < 4.78 is 0. The van der Waals surface area contributed by atoms with Crippen LogP contribution in [0, 0.1) is 0 Å². The monoisotopic (exact) mass is 376 g/mol. The van der Waals surface area contributed by atoms with Gasteiger partial charge in [-0.1, -0.05) is 18.3 Å². The summed E-state index contributed by atoms with van der Waals surface area (Å²) in [5.41, 5.74) is 0. The number of hydrogen-bond acceptors (Lipinski definition) is 9. The summed E-state index contributed by atoms with van der Waals surface area (Å²) in [4.78, 5) is 32.1. The van der Waals surface area contributed by atoms with Crippen molar-refractivity contribution >= 4 is 34.3 Å². The standard InChI is InChI=1S/C16H24N8OS/c1-4-12-20-14(17-7-8-24(2)3)22-15(21-12)23-16-18-9-11(26-16)13(25)19-10-5-6-10/h9-10H,4-8H2,1-3H3,(H,19,25)(H2,17,18,20,21,22,23). The summed E-state index contributed by atoms with van der Waals surface area (Å²) in [5, 5.41) is 9.82. The van der Waals surface area contributed by atoms with E-state index in [0.717, 1.165) is 25.9 Å². The van der Waals surface area contributed by atoms with Gasteiger partial charge in [0.2, 0.25) is 11.9 Å². The molecule has 0 saturated heterocycles. The Morgan fingerprint density at radius 1 is 1.27 bits per heavy atom. The third-order valence-corrected chi connectivity index (χ3v) is 4.61. The second-order valence-electron chi connectivity index (χ2n) is 6.38. The number of amides is 1. The van der Waals surface area contributed by atoms with Crippen LogP contribution in [0.25, 0.3) is 0 Å². The van der Waals surface area contributed by atoms with Gasteiger partial charge in [-0.05, 0) is 26.9 Å². The molecule has 1 fully saturated rings. The van der Waals surface area contributed by atoms with Gasteiger partial charge in [0.1, 0.15) is 10.7 Å². The predicted molar refractivity (Wildman–Crippen MR) is 102 cm³/mol. The minimum Gasteiger partial charge on any atom is -0.353 e. The summed E-state index contributed by atoms with van der Waals surface area (Å²) in [6.07, 6.45) is 4.39. The van der Waals surface area contributed by atoms with Crippen LogP contribution in [-0.4, -0.2) is 64.0 Å². The molecular formula is C16H24N8OS. The zero-order valence-electron chi connectivity index (χ0n) is 15.2. The van der Waals surface area contributed by atoms with Gasteiger partial charge in [-0.25, -0.2) is 4.98 Å². The van der Waals surface area contributed by atoms with E-state index in [2.05, 4.69) is 40.8 Å². The average Bonchev–Trinajstić information content (AvgIpc) is 3.29. The highest BCUT2D eigenvalue weighted by Gasteiger charge is 2.24. The molecule has 26 heavy (non-hydrogen) atoms. The number of rotatable bonds is 9. The number of likely N-dealkylation sites (N-methyl/N-ethyl adjacent to an activating group) is 1. The molecule has 140 valence electrons. The van der Waals surface area contributed by atoms with E-state index < -0.39 is 0 Å². The first-order valence-electron chi connectivity index (χ1n) is 8.70. The summed E-state index contributed by atoms with van der Waals surface area (Å²) in [5.74, 6) is 1.57. The molecule has 0 radical (unpaired) electrons. The Balaban J connectivity index is 1.66. The van der Waals surface area contributed by atoms with Crippen LogP contribution in [0.1, 0.15) is 35.3 Å². The third kappa shape index (κ3) is 5.33. The zero-order chi connectivity index (χ0) is 18.5. The second-order valence-corrected chi connectivity index (χ2v) is 7.42. The Labute approximate surface area is 156 Å². The molecule has 10 heteroatoms. The van der Waals surface area contributed by atoms with Gasteiger partial charge in [-0.15, -0.1) is 0 Å². The van der Waals surface area contributed by atoms with E-state index >= 15 is 0 Å². The number of aryl methyl sites for hydroxylation is 1. The van der Waals surface area contributed by atoms with E-state index in [1.54, 1.807) is 6.20 Å². The minimum absolute atomic E-state index is 0.0750. The molecule has 3 N–H and O–H groups in total. The normalized spacial score (nSPS) is 13.7. The average molecular weight is 376 g/mol. The summed E-state index contributed by atoms with van der Waals surface area (Å²) >= 11 is 1.28. The SMILES string of the molecule is CCc1nc(NCCN(C)C)nc(Nc2ncc(C(=O)NC3CC3)s2)n1. The number of nitrogens with one attached hydrogen (secondary N) is 3. The number of thiazole rings is 1. The molecule has 0 spiro atoms. The maximum Gasteiger partial charge on any atom is 0.263 e. The van der Waals surface area contributed by atoms with Gasteiger partial charge in [-0.3, -0.25) is 10.1 Å². The highest BCUT2D eigenvalue weighted by Crippen LogP contribution is 2.24. The molecule has 9 nitrogen and oxygen atoms in total. The van der Waals surface area contributed by atoms with Gasteiger partial charge < -0.3 is 15.5 Å². The predicted octanol–water partition coefficient (Wildman–Crippen LogP) is 1.50. The fourth-order valence-electron chi connectivity index (χ4n) is 2.12. The first-order valence-corrected chi connectivity index (χ1v) is 9.52. The van der Waals surface area contributed by atoms with Crippen LogP contribution in [-0.2, 0) is 6.42 Å². The van der Waals surface area contributed by atoms with Crippen LogP contribution in [0.5, 0.6) is 0 Å². The Morgan fingerprint density at radius 2 is 2.04 bits per heavy atom. The molecule has 0 bridgehead atoms. The lowest BCUT2D eigenvalue weighted by Crippen LogP contribution is -2.24. The molecule has 0 aromatic carbocycles. The molecule has 1 aliphatic rings. The number of nitrogens with zero attached hydrogens (tertiary/aromatic N) is 5. The largest absolute Gasteiger partial charge is 0.353 e. The van der Waals surface area contributed by atoms with Crippen molar-refractivity contribution in [2.75, 3.05) is 37.8 Å². The lowest BCUT2D eigenvalue weighted by molar-refractivity contribution is 0.0955. The van der Waals surface area contributed by atoms with Crippen molar-refractivity contribution in [2.24, 2.45) is 0 Å². The first kappa shape index (κ1) is 18.5. The van der Waals surface area contributed by atoms with Crippen LogP contribution >= 0.6 is 11.3 Å². The minimum atomic E-state index is -0.0750. The van der Waals surface area contributed by atoms with E-state index in [1.807, 2.05) is 21.0 Å². The zero-order valence-corrected chi connectivity index (χ0v) is 16.1. The van der Waals surface area contributed by atoms with Crippen molar-refractivity contribution < 1.29 is 4.79 Å². The molecular weight excluding hydrogens is 352 g/mol. The number of hydrogen-bond donors (Lipinski definition) is 3. The first-order chi connectivity index (χ1) is 12.5. The summed E-state index contributed by atoms with van der Waals surface area (Å²) in [6, 6.07) is 0.326. The van der Waals surface area contributed by atoms with E-state index in [4.69, 9.17) is 0 Å². The molecule has 2 heterocycles. The molecule has 0 atom stereocenters. The van der Waals surface area contributed by atoms with Crippen LogP contribution in [0.3, 0.4) is 0 Å². The Morgan fingerprint density at radius 3 is 2.73 bits per heavy atom. The van der Waals surface area contributed by atoms with Gasteiger partial charge >= 0.3 is 0 Å². The second kappa shape index (κ2) is 8.37. The molecule has 3 rings (SSSR count). The van der Waals surface area contributed by atoms with E-state index in [0.29, 0.717) is 40.2 Å². The van der Waals surface area contributed by atoms with Crippen molar-refractivity contribution in [2.45, 2.75) is 32.2 Å². The van der Waals surface area contributed by atoms with Crippen LogP contribution in [0.15, 0.2) is 6.20 Å². The van der Waals surface area contributed by atoms with Gasteiger partial charge in [0.15, 0.2) is 5.13 Å². The van der Waals surface area contributed by atoms with Crippen LogP contribution < -0.4 is 16.0 Å². The van der Waals surface area contributed by atoms with Crippen molar-refractivity contribution in [3.63, 3.8) is 0 Å². The van der Waals surface area contributed by atoms with Crippen molar-refractivity contribution in [1.29, 1.82) is 0 Å². The molecule has 1 saturated carbocycles. The molecule has 1 amide bonds. The van der Waals surface area contributed by atoms with Gasteiger partial charge in [-0.2, -0.15) is 15.0 Å². The highest BCUT2D eigenvalue weighted by molar-refractivity contribution is 7.17. The fourth-order valence-corrected chi connectivity index (χ4v) is 2.83. The van der Waals surface area contributed by atoms with Gasteiger partial charge in [0.05, 0.1) is 6.20 Å². The molecule has 0 aliphatic heterocycles. The quantitative estimate of drug-likeness (QED) is 0.604. The number of carbonyl (C=O) groups is 1. The number of carbonyl (C=O) groups excluding carboxylic acids is 1. The van der Waals surface area contributed by atoms with E-state index in [-0.39, 0.29) is 5.91 Å². The fraction of sp³-hybridized carbons (Fsp3) is 0.562. The van der Waals surface area contributed by atoms with E-state index in [9.17, 15) is 4.79 Å². The molecule has 2 aromatic heterocycles. The van der Waals surface area contributed by atoms with Crippen LogP contribution in [0.2, 0.25) is 0 Å². The van der Waals surface area contributed by atoms with Crippen molar-refractivity contribution in [3.05, 3.63) is 16.9 Å². The number of anilines is 3. The number of aromatic nitrogens is 4. The lowest BCUT2D eigenvalue weighted by Gasteiger charge is -2.11. The Hall–Kier alpha value is -2.33. The smallest absolute Gasteiger partial charge is 0.263 e.